The van der Waals surface area contributed by atoms with Gasteiger partial charge in [-0.05, 0) is 12.8 Å². The van der Waals surface area contributed by atoms with Gasteiger partial charge in [0.1, 0.15) is 12.1 Å². The van der Waals surface area contributed by atoms with E-state index in [2.05, 4.69) is 0 Å². The predicted octanol–water partition coefficient (Wildman–Crippen LogP) is -1.68. The average molecular weight is 319 g/mol. The molecule has 0 rings (SSSR count). The highest BCUT2D eigenvalue weighted by molar-refractivity contribution is 5.86. The van der Waals surface area contributed by atoms with Crippen LogP contribution in [0.2, 0.25) is 0 Å². The first-order valence-electron chi connectivity index (χ1n) is 6.16. The van der Waals surface area contributed by atoms with Crippen molar-refractivity contribution in [3.8, 4) is 0 Å². The molecule has 0 bridgehead atoms. The summed E-state index contributed by atoms with van der Waals surface area (Å²) in [5.74, 6) is -4.87. The molecule has 0 aliphatic carbocycles. The van der Waals surface area contributed by atoms with Crippen molar-refractivity contribution in [2.24, 2.45) is 5.73 Å². The van der Waals surface area contributed by atoms with E-state index in [1.54, 1.807) is 0 Å². The number of amides is 3. The van der Waals surface area contributed by atoms with Crippen molar-refractivity contribution in [3.63, 3.8) is 0 Å². The van der Waals surface area contributed by atoms with Crippen LogP contribution in [-0.4, -0.2) is 57.2 Å². The fraction of sp³-hybridized carbons (Fsp3) is 0.545. The highest BCUT2D eigenvalue weighted by Gasteiger charge is 2.25. The fourth-order valence-corrected chi connectivity index (χ4v) is 1.43. The molecule has 2 atom stereocenters. The number of urea groups is 1. The molecule has 7 N–H and O–H groups in total. The summed E-state index contributed by atoms with van der Waals surface area (Å²) in [4.78, 5) is 54.3. The van der Waals surface area contributed by atoms with E-state index < -0.39 is 48.4 Å². The molecule has 0 fully saturated rings. The maximum atomic E-state index is 11.5. The van der Waals surface area contributed by atoms with Crippen LogP contribution in [0.25, 0.3) is 0 Å². The third-order valence-corrected chi connectivity index (χ3v) is 2.53. The van der Waals surface area contributed by atoms with Crippen molar-refractivity contribution in [2.75, 3.05) is 0 Å². The lowest BCUT2D eigenvalue weighted by Gasteiger charge is -2.17. The zero-order valence-corrected chi connectivity index (χ0v) is 11.4. The largest absolute Gasteiger partial charge is 0.481 e. The van der Waals surface area contributed by atoms with Gasteiger partial charge in [0.2, 0.25) is 5.91 Å². The minimum absolute atomic E-state index is 0.259. The first-order chi connectivity index (χ1) is 10.1. The minimum atomic E-state index is -1.48. The van der Waals surface area contributed by atoms with E-state index in [9.17, 15) is 24.0 Å². The van der Waals surface area contributed by atoms with E-state index in [0.29, 0.717) is 0 Å². The van der Waals surface area contributed by atoms with Gasteiger partial charge >= 0.3 is 23.9 Å². The van der Waals surface area contributed by atoms with Crippen LogP contribution in [0, 0.1) is 0 Å². The van der Waals surface area contributed by atoms with E-state index >= 15 is 0 Å². The number of nitrogens with one attached hydrogen (secondary N) is 2. The van der Waals surface area contributed by atoms with Gasteiger partial charge in [0.05, 0.1) is 0 Å². The minimum Gasteiger partial charge on any atom is -0.481 e. The summed E-state index contributed by atoms with van der Waals surface area (Å²) < 4.78 is 0. The standard InChI is InChI=1S/C11H17N3O8/c12-7(15)3-1-5(9(18)19)13-11(22)14-6(10(20)21)2-4-8(16)17/h5-6H,1-4H2,(H2,12,15)(H,16,17)(H,18,19)(H,20,21)(H2,13,14,22). The molecular weight excluding hydrogens is 302 g/mol. The van der Waals surface area contributed by atoms with Gasteiger partial charge < -0.3 is 31.7 Å². The molecular formula is C11H17N3O8. The van der Waals surface area contributed by atoms with Crippen LogP contribution >= 0.6 is 0 Å². The third kappa shape index (κ3) is 8.35. The maximum absolute atomic E-state index is 11.5. The number of carboxylic acid groups (broad SMARTS) is 3. The quantitative estimate of drug-likeness (QED) is 0.274. The summed E-state index contributed by atoms with van der Waals surface area (Å²) in [5, 5.41) is 30.1. The second-order valence-corrected chi connectivity index (χ2v) is 4.34. The van der Waals surface area contributed by atoms with Gasteiger partial charge in [-0.2, -0.15) is 0 Å². The third-order valence-electron chi connectivity index (χ3n) is 2.53. The molecule has 0 saturated carbocycles. The summed E-state index contributed by atoms with van der Waals surface area (Å²) >= 11 is 0. The fourth-order valence-electron chi connectivity index (χ4n) is 1.43. The van der Waals surface area contributed by atoms with Gasteiger partial charge in [0.25, 0.3) is 0 Å². The Morgan fingerprint density at radius 3 is 1.55 bits per heavy atom. The number of carboxylic acids is 3. The van der Waals surface area contributed by atoms with Crippen molar-refractivity contribution < 1.29 is 39.3 Å². The van der Waals surface area contributed by atoms with Crippen molar-refractivity contribution in [2.45, 2.75) is 37.8 Å². The van der Waals surface area contributed by atoms with E-state index in [-0.39, 0.29) is 19.3 Å². The van der Waals surface area contributed by atoms with Crippen LogP contribution in [0.1, 0.15) is 25.7 Å². The van der Waals surface area contributed by atoms with Crippen LogP contribution in [0.3, 0.4) is 0 Å². The Morgan fingerprint density at radius 2 is 1.23 bits per heavy atom. The van der Waals surface area contributed by atoms with Gasteiger partial charge in [-0.15, -0.1) is 0 Å². The molecule has 0 aliphatic heterocycles. The number of aliphatic carboxylic acids is 3. The van der Waals surface area contributed by atoms with E-state index in [1.165, 1.54) is 0 Å². The summed E-state index contributed by atoms with van der Waals surface area (Å²) in [7, 11) is 0. The number of rotatable bonds is 10. The smallest absolute Gasteiger partial charge is 0.326 e. The van der Waals surface area contributed by atoms with Crippen LogP contribution in [0.15, 0.2) is 0 Å². The van der Waals surface area contributed by atoms with Crippen molar-refractivity contribution in [1.82, 2.24) is 10.6 Å². The highest BCUT2D eigenvalue weighted by atomic mass is 16.4. The van der Waals surface area contributed by atoms with E-state index in [0.717, 1.165) is 0 Å². The molecule has 2 unspecified atom stereocenters. The Balaban J connectivity index is 4.57. The molecule has 11 heteroatoms. The Labute approximate surface area is 124 Å². The number of hydrogen-bond acceptors (Lipinski definition) is 5. The number of primary amides is 1. The molecule has 0 radical (unpaired) electrons. The Bertz CT molecular complexity index is 424. The Kier molecular flexibility index (Phi) is 7.97. The van der Waals surface area contributed by atoms with Gasteiger partial charge in [-0.25, -0.2) is 14.4 Å². The van der Waals surface area contributed by atoms with Crippen molar-refractivity contribution in [3.05, 3.63) is 0 Å². The summed E-state index contributed by atoms with van der Waals surface area (Å²) in [5.41, 5.74) is 4.87. The second kappa shape index (κ2) is 9.15. The molecule has 0 aromatic rings. The number of nitrogens with two attached hydrogens (primary N) is 1. The summed E-state index contributed by atoms with van der Waals surface area (Å²) in [6.45, 7) is 0. The van der Waals surface area contributed by atoms with Crippen LogP contribution in [-0.2, 0) is 19.2 Å². The zero-order chi connectivity index (χ0) is 17.3. The first-order valence-corrected chi connectivity index (χ1v) is 6.16. The van der Waals surface area contributed by atoms with Crippen molar-refractivity contribution >= 4 is 29.8 Å². The van der Waals surface area contributed by atoms with Gasteiger partial charge in [0.15, 0.2) is 0 Å². The van der Waals surface area contributed by atoms with Crippen LogP contribution in [0.5, 0.6) is 0 Å². The van der Waals surface area contributed by atoms with Gasteiger partial charge in [-0.1, -0.05) is 0 Å². The SMILES string of the molecule is NC(=O)CCC(NC(=O)NC(CCC(=O)O)C(=O)O)C(=O)O. The lowest BCUT2D eigenvalue weighted by atomic mass is 10.1. The Morgan fingerprint density at radius 1 is 0.818 bits per heavy atom. The van der Waals surface area contributed by atoms with Crippen LogP contribution in [0.4, 0.5) is 4.79 Å². The summed E-state index contributed by atoms with van der Waals surface area (Å²) in [6.07, 6.45) is -1.39. The topological polar surface area (TPSA) is 196 Å². The molecule has 0 saturated heterocycles. The highest BCUT2D eigenvalue weighted by Crippen LogP contribution is 2.00. The van der Waals surface area contributed by atoms with Gasteiger partial charge in [-0.3, -0.25) is 9.59 Å². The lowest BCUT2D eigenvalue weighted by Crippen LogP contribution is -2.51. The van der Waals surface area contributed by atoms with Gasteiger partial charge in [0, 0.05) is 12.8 Å². The van der Waals surface area contributed by atoms with E-state index in [1.807, 2.05) is 10.6 Å². The molecule has 22 heavy (non-hydrogen) atoms. The average Bonchev–Trinajstić information content (AvgIpc) is 2.38. The second-order valence-electron chi connectivity index (χ2n) is 4.34. The molecule has 11 nitrogen and oxygen atoms in total. The van der Waals surface area contributed by atoms with Crippen molar-refractivity contribution in [1.29, 1.82) is 0 Å². The molecule has 0 spiro atoms. The molecule has 0 heterocycles. The number of hydrogen-bond donors (Lipinski definition) is 6. The molecule has 0 aromatic carbocycles. The number of carbonyl (C=O) groups is 5. The Hall–Kier alpha value is -2.85. The molecule has 124 valence electrons. The zero-order valence-electron chi connectivity index (χ0n) is 11.4. The van der Waals surface area contributed by atoms with E-state index in [4.69, 9.17) is 21.1 Å². The molecule has 0 aromatic heterocycles. The molecule has 3 amide bonds. The lowest BCUT2D eigenvalue weighted by molar-refractivity contribution is -0.141. The summed E-state index contributed by atoms with van der Waals surface area (Å²) in [6, 6.07) is -4.02. The normalized spacial score (nSPS) is 12.7. The monoisotopic (exact) mass is 319 g/mol. The maximum Gasteiger partial charge on any atom is 0.326 e. The van der Waals surface area contributed by atoms with Crippen LogP contribution < -0.4 is 16.4 Å². The molecule has 0 aliphatic rings. The number of carbonyl (C=O) groups excluding carboxylic acids is 2. The predicted molar refractivity (Wildman–Crippen MR) is 69.8 cm³/mol. The first kappa shape index (κ1) is 19.1.